The number of nitrogens with zero attached hydrogens (tertiary/aromatic N) is 2. The number of aryl methyl sites for hydroxylation is 2. The summed E-state index contributed by atoms with van der Waals surface area (Å²) in [5.74, 6) is 1.50. The monoisotopic (exact) mass is 389 g/mol. The Labute approximate surface area is 164 Å². The lowest BCUT2D eigenvalue weighted by Gasteiger charge is -2.14. The largest absolute Gasteiger partial charge is 0.496 e. The van der Waals surface area contributed by atoms with E-state index in [0.29, 0.717) is 23.9 Å². The van der Waals surface area contributed by atoms with Gasteiger partial charge in [0.1, 0.15) is 10.6 Å². The number of guanidine groups is 1. The molecule has 0 aliphatic rings. The normalized spacial score (nSPS) is 11.2. The first kappa shape index (κ1) is 20.7. The smallest absolute Gasteiger partial charge is 0.263 e. The lowest BCUT2D eigenvalue weighted by atomic mass is 10.1. The van der Waals surface area contributed by atoms with Gasteiger partial charge in [-0.25, -0.2) is 4.98 Å². The minimum absolute atomic E-state index is 0.0914. The molecule has 1 aromatic heterocycles. The van der Waals surface area contributed by atoms with Gasteiger partial charge in [0, 0.05) is 26.7 Å². The first-order chi connectivity index (χ1) is 13.0. The molecule has 0 spiro atoms. The van der Waals surface area contributed by atoms with Gasteiger partial charge in [-0.05, 0) is 31.9 Å². The number of ether oxygens (including phenoxy) is 1. The van der Waals surface area contributed by atoms with Crippen LogP contribution in [0.25, 0.3) is 0 Å². The molecule has 0 radical (unpaired) electrons. The number of benzene rings is 1. The van der Waals surface area contributed by atoms with E-state index in [1.165, 1.54) is 16.9 Å². The second-order valence-electron chi connectivity index (χ2n) is 6.01. The number of aromatic nitrogens is 1. The number of carbonyl (C=O) groups is 1. The van der Waals surface area contributed by atoms with Crippen LogP contribution in [0.15, 0.2) is 28.7 Å². The topological polar surface area (TPSA) is 87.6 Å². The zero-order chi connectivity index (χ0) is 19.6. The summed E-state index contributed by atoms with van der Waals surface area (Å²) in [6.45, 7) is 5.71. The van der Waals surface area contributed by atoms with Crippen molar-refractivity contribution in [1.82, 2.24) is 20.9 Å². The summed E-state index contributed by atoms with van der Waals surface area (Å²) in [5.41, 5.74) is 4.81. The standard InChI is InChI=1S/C19H27N5O2S/c1-13-5-6-16(26-4)15(11-13)7-8-22-19(20-3)23-10-9-21-18(25)17-14(2)24-12-27-17/h5-6,11-12H,7-10H2,1-4H3,(H,21,25)(H2,20,22,23). The van der Waals surface area contributed by atoms with E-state index >= 15 is 0 Å². The van der Waals surface area contributed by atoms with E-state index in [9.17, 15) is 4.79 Å². The van der Waals surface area contributed by atoms with Crippen molar-refractivity contribution in [1.29, 1.82) is 0 Å². The Kier molecular flexibility index (Phi) is 8.06. The van der Waals surface area contributed by atoms with Crippen LogP contribution in [0.1, 0.15) is 26.5 Å². The third kappa shape index (κ3) is 6.25. The molecule has 3 N–H and O–H groups in total. The van der Waals surface area contributed by atoms with Crippen LogP contribution in [-0.4, -0.2) is 50.6 Å². The fourth-order valence-electron chi connectivity index (χ4n) is 2.60. The van der Waals surface area contributed by atoms with Crippen LogP contribution in [0, 0.1) is 13.8 Å². The Morgan fingerprint density at radius 2 is 1.93 bits per heavy atom. The van der Waals surface area contributed by atoms with Crippen molar-refractivity contribution in [2.75, 3.05) is 33.8 Å². The zero-order valence-corrected chi connectivity index (χ0v) is 17.1. The molecule has 8 heteroatoms. The average Bonchev–Trinajstić information content (AvgIpc) is 3.09. The Hall–Kier alpha value is -2.61. The molecule has 146 valence electrons. The van der Waals surface area contributed by atoms with Crippen molar-refractivity contribution >= 4 is 23.2 Å². The molecule has 0 fully saturated rings. The van der Waals surface area contributed by atoms with E-state index in [4.69, 9.17) is 4.74 Å². The van der Waals surface area contributed by atoms with E-state index in [1.54, 1.807) is 19.7 Å². The highest BCUT2D eigenvalue weighted by Crippen LogP contribution is 2.19. The molecule has 0 aliphatic heterocycles. The van der Waals surface area contributed by atoms with Crippen LogP contribution in [0.4, 0.5) is 0 Å². The maximum absolute atomic E-state index is 12.0. The number of hydrogen-bond acceptors (Lipinski definition) is 5. The number of carbonyl (C=O) groups excluding carboxylic acids is 1. The van der Waals surface area contributed by atoms with Gasteiger partial charge in [0.05, 0.1) is 18.3 Å². The summed E-state index contributed by atoms with van der Waals surface area (Å²) >= 11 is 1.35. The van der Waals surface area contributed by atoms with Gasteiger partial charge in [-0.1, -0.05) is 17.7 Å². The van der Waals surface area contributed by atoms with E-state index in [2.05, 4.69) is 38.9 Å². The Bertz CT molecular complexity index is 788. The van der Waals surface area contributed by atoms with Gasteiger partial charge in [-0.3, -0.25) is 9.79 Å². The zero-order valence-electron chi connectivity index (χ0n) is 16.3. The third-order valence-corrected chi connectivity index (χ3v) is 4.93. The molecule has 2 aromatic rings. The van der Waals surface area contributed by atoms with Gasteiger partial charge >= 0.3 is 0 Å². The predicted molar refractivity (Wildman–Crippen MR) is 110 cm³/mol. The number of aliphatic imine (C=N–C) groups is 1. The minimum Gasteiger partial charge on any atom is -0.496 e. The molecule has 0 unspecified atom stereocenters. The fourth-order valence-corrected chi connectivity index (χ4v) is 3.31. The highest BCUT2D eigenvalue weighted by molar-refractivity contribution is 7.11. The van der Waals surface area contributed by atoms with Gasteiger partial charge in [-0.2, -0.15) is 0 Å². The maximum Gasteiger partial charge on any atom is 0.263 e. The third-order valence-electron chi connectivity index (χ3n) is 4.00. The molecule has 0 saturated heterocycles. The first-order valence-electron chi connectivity index (χ1n) is 8.81. The van der Waals surface area contributed by atoms with Crippen molar-refractivity contribution in [2.45, 2.75) is 20.3 Å². The summed E-state index contributed by atoms with van der Waals surface area (Å²) in [5, 5.41) is 9.35. The second-order valence-corrected chi connectivity index (χ2v) is 6.87. The molecule has 1 heterocycles. The SMILES string of the molecule is CN=C(NCCNC(=O)c1scnc1C)NCCc1cc(C)ccc1OC. The average molecular weight is 390 g/mol. The molecule has 7 nitrogen and oxygen atoms in total. The van der Waals surface area contributed by atoms with Crippen molar-refractivity contribution < 1.29 is 9.53 Å². The van der Waals surface area contributed by atoms with Gasteiger partial charge in [0.2, 0.25) is 0 Å². The van der Waals surface area contributed by atoms with Crippen molar-refractivity contribution in [3.8, 4) is 5.75 Å². The van der Waals surface area contributed by atoms with Crippen LogP contribution in [0.3, 0.4) is 0 Å². The summed E-state index contributed by atoms with van der Waals surface area (Å²) in [7, 11) is 3.41. The Morgan fingerprint density at radius 3 is 2.59 bits per heavy atom. The fraction of sp³-hybridized carbons (Fsp3) is 0.421. The molecule has 1 aromatic carbocycles. The van der Waals surface area contributed by atoms with E-state index in [0.717, 1.165) is 30.0 Å². The van der Waals surface area contributed by atoms with Crippen LogP contribution >= 0.6 is 11.3 Å². The van der Waals surface area contributed by atoms with Crippen molar-refractivity contribution in [3.05, 3.63) is 45.4 Å². The highest BCUT2D eigenvalue weighted by atomic mass is 32.1. The van der Waals surface area contributed by atoms with Gasteiger partial charge < -0.3 is 20.7 Å². The molecule has 0 aliphatic carbocycles. The molecular formula is C19H27N5O2S. The van der Waals surface area contributed by atoms with Crippen molar-refractivity contribution in [2.24, 2.45) is 4.99 Å². The molecule has 27 heavy (non-hydrogen) atoms. The number of amides is 1. The molecular weight excluding hydrogens is 362 g/mol. The number of hydrogen-bond donors (Lipinski definition) is 3. The predicted octanol–water partition coefficient (Wildman–Crippen LogP) is 1.91. The number of rotatable bonds is 8. The molecule has 0 bridgehead atoms. The van der Waals surface area contributed by atoms with E-state index in [-0.39, 0.29) is 5.91 Å². The number of thiazole rings is 1. The van der Waals surface area contributed by atoms with Crippen LogP contribution in [0.5, 0.6) is 5.75 Å². The van der Waals surface area contributed by atoms with Crippen LogP contribution in [0.2, 0.25) is 0 Å². The van der Waals surface area contributed by atoms with Gasteiger partial charge in [0.15, 0.2) is 5.96 Å². The van der Waals surface area contributed by atoms with E-state index in [1.807, 2.05) is 19.1 Å². The number of nitrogens with one attached hydrogen (secondary N) is 3. The lowest BCUT2D eigenvalue weighted by Crippen LogP contribution is -2.42. The minimum atomic E-state index is -0.0914. The molecule has 0 saturated carbocycles. The highest BCUT2D eigenvalue weighted by Gasteiger charge is 2.10. The summed E-state index contributed by atoms with van der Waals surface area (Å²) in [4.78, 5) is 21.0. The maximum atomic E-state index is 12.0. The quantitative estimate of drug-likeness (QED) is 0.365. The number of methoxy groups -OCH3 is 1. The van der Waals surface area contributed by atoms with Crippen molar-refractivity contribution in [3.63, 3.8) is 0 Å². The summed E-state index contributed by atoms with van der Waals surface area (Å²) in [6.07, 6.45) is 0.826. The summed E-state index contributed by atoms with van der Waals surface area (Å²) < 4.78 is 5.41. The Balaban J connectivity index is 1.71. The summed E-state index contributed by atoms with van der Waals surface area (Å²) in [6, 6.07) is 6.16. The van der Waals surface area contributed by atoms with Gasteiger partial charge in [-0.15, -0.1) is 11.3 Å². The van der Waals surface area contributed by atoms with Crippen LogP contribution in [-0.2, 0) is 6.42 Å². The second kappa shape index (κ2) is 10.5. The van der Waals surface area contributed by atoms with Gasteiger partial charge in [0.25, 0.3) is 5.91 Å². The first-order valence-corrected chi connectivity index (χ1v) is 9.69. The van der Waals surface area contributed by atoms with Crippen LogP contribution < -0.4 is 20.7 Å². The lowest BCUT2D eigenvalue weighted by molar-refractivity contribution is 0.0957. The van der Waals surface area contributed by atoms with E-state index < -0.39 is 0 Å². The Morgan fingerprint density at radius 1 is 1.19 bits per heavy atom. The molecule has 2 rings (SSSR count). The molecule has 0 atom stereocenters. The molecule has 1 amide bonds.